The van der Waals surface area contributed by atoms with Crippen LogP contribution in [0.4, 0.5) is 0 Å². The van der Waals surface area contributed by atoms with Crippen LogP contribution < -0.4 is 0 Å². The zero-order valence-electron chi connectivity index (χ0n) is 24.6. The van der Waals surface area contributed by atoms with Gasteiger partial charge in [-0.05, 0) is 18.9 Å². The molecule has 5 nitrogen and oxygen atoms in total. The van der Waals surface area contributed by atoms with Crippen molar-refractivity contribution in [2.24, 2.45) is 5.92 Å². The number of nitrogens with zero attached hydrogens (tertiary/aromatic N) is 1. The van der Waals surface area contributed by atoms with Crippen LogP contribution in [0.1, 0.15) is 61.9 Å². The molecule has 0 amide bonds. The van der Waals surface area contributed by atoms with Gasteiger partial charge in [-0.3, -0.25) is 9.59 Å². The Kier molecular flexibility index (Phi) is 3.85. The number of carboxylic acid groups (broad SMARTS) is 1. The number of ketones is 1. The molecule has 0 rings (SSSR count). The van der Waals surface area contributed by atoms with Gasteiger partial charge in [0.15, 0.2) is 11.7 Å². The third-order valence-corrected chi connectivity index (χ3v) is 2.84. The molecule has 0 radical (unpaired) electrons. The number of likely N-dealkylation sites (N-methyl/N-ethyl adjacent to an activating group) is 1. The molecule has 0 aromatic rings. The van der Waals surface area contributed by atoms with Crippen molar-refractivity contribution in [3.63, 3.8) is 0 Å². The Balaban J connectivity index is 6.51. The topological polar surface area (TPSA) is 74.6 Å². The summed E-state index contributed by atoms with van der Waals surface area (Å²) < 4.78 is 88.7. The minimum atomic E-state index is -4.53. The van der Waals surface area contributed by atoms with Crippen molar-refractivity contribution >= 4 is 11.8 Å². The van der Waals surface area contributed by atoms with Gasteiger partial charge < -0.3 is 14.7 Å². The fourth-order valence-corrected chi connectivity index (χ4v) is 1.77. The smallest absolute Gasteiger partial charge is 0.317 e. The minimum absolute atomic E-state index is 0.310. The van der Waals surface area contributed by atoms with Gasteiger partial charge in [0, 0.05) is 0 Å². The number of aliphatic carboxylic acids is 1. The third-order valence-electron chi connectivity index (χ3n) is 2.84. The Hall–Kier alpha value is -1.20. The predicted molar refractivity (Wildman–Crippen MR) is 87.6 cm³/mol. The van der Waals surface area contributed by atoms with Gasteiger partial charge in [-0.1, -0.05) is 38.7 Å². The van der Waals surface area contributed by atoms with Crippen molar-refractivity contribution < 1.29 is 40.7 Å². The number of unbranched alkanes of at least 4 members (excludes halogenated alkanes) is 5. The number of carboxylic acids is 1. The van der Waals surface area contributed by atoms with Crippen LogP contribution in [0.5, 0.6) is 0 Å². The number of aliphatic hydroxyl groups is 1. The summed E-state index contributed by atoms with van der Waals surface area (Å²) in [5.41, 5.74) is 0. The van der Waals surface area contributed by atoms with Crippen LogP contribution in [0.3, 0.4) is 0 Å². The largest absolute Gasteiger partial charge is 0.481 e. The Morgan fingerprint density at radius 3 is 2.45 bits per heavy atom. The number of carbonyl (C=O) groups is 2. The summed E-state index contributed by atoms with van der Waals surface area (Å²) in [5.74, 6) is -6.82. The minimum Gasteiger partial charge on any atom is -0.481 e. The molecule has 2 atom stereocenters. The van der Waals surface area contributed by atoms with Crippen molar-refractivity contribution in [2.45, 2.75) is 51.5 Å². The average molecular weight is 327 g/mol. The molecule has 0 spiro atoms. The van der Waals surface area contributed by atoms with Gasteiger partial charge in [0.05, 0.1) is 37.4 Å². The molecule has 22 heavy (non-hydrogen) atoms. The lowest BCUT2D eigenvalue weighted by Crippen LogP contribution is -2.47. The molecule has 0 aromatic carbocycles. The average Bonchev–Trinajstić information content (AvgIpc) is 2.56. The van der Waals surface area contributed by atoms with E-state index in [9.17, 15) is 19.8 Å². The Bertz CT molecular complexity index is 704. The van der Waals surface area contributed by atoms with Crippen LogP contribution in [-0.4, -0.2) is 60.0 Å². The van der Waals surface area contributed by atoms with Gasteiger partial charge in [0.2, 0.25) is 0 Å². The predicted octanol–water partition coefficient (Wildman–Crippen LogP) is 2.24. The van der Waals surface area contributed by atoms with Gasteiger partial charge in [0.1, 0.15) is 12.6 Å². The molecule has 0 aliphatic rings. The van der Waals surface area contributed by atoms with E-state index in [0.29, 0.717) is 18.9 Å². The number of hydrogen-bond donors (Lipinski definition) is 2. The van der Waals surface area contributed by atoms with Crippen molar-refractivity contribution in [2.75, 3.05) is 27.4 Å². The molecule has 0 aromatic heterocycles. The van der Waals surface area contributed by atoms with Crippen LogP contribution in [-0.2, 0) is 9.59 Å². The van der Waals surface area contributed by atoms with Crippen LogP contribution >= 0.6 is 0 Å². The zero-order chi connectivity index (χ0) is 27.4. The first-order valence-electron chi connectivity index (χ1n) is 13.1. The summed E-state index contributed by atoms with van der Waals surface area (Å²) in [5, 5.41) is 20.1. The SMILES string of the molecule is [2H]C(O)(C(C(=O)O)C(=O)C=CCCCCCCC)C([2H])([2H])[N+](C([2H])([2H])[2H])(C([2H])([2H])[2H])C([2H])([2H])[2H]. The molecule has 0 fully saturated rings. The molecule has 5 heteroatoms. The van der Waals surface area contributed by atoms with E-state index in [-0.39, 0.29) is 0 Å². The second-order valence-corrected chi connectivity index (χ2v) is 4.95. The lowest BCUT2D eigenvalue weighted by Gasteiger charge is -2.28. The number of hydrogen-bond acceptors (Lipinski definition) is 3. The molecule has 128 valence electrons. The maximum atomic E-state index is 12.5. The fourth-order valence-electron chi connectivity index (χ4n) is 1.77. The lowest BCUT2D eigenvalue weighted by atomic mass is 9.96. The van der Waals surface area contributed by atoms with E-state index in [1.807, 2.05) is 6.92 Å². The summed E-state index contributed by atoms with van der Waals surface area (Å²) in [6.07, 6.45) is 2.27. The maximum absolute atomic E-state index is 12.5. The molecule has 0 saturated carbocycles. The van der Waals surface area contributed by atoms with E-state index in [0.717, 1.165) is 25.7 Å². The van der Waals surface area contributed by atoms with E-state index < -0.39 is 55.7 Å². The lowest BCUT2D eigenvalue weighted by molar-refractivity contribution is -0.873. The van der Waals surface area contributed by atoms with Crippen molar-refractivity contribution in [3.8, 4) is 0 Å². The monoisotopic (exact) mass is 326 g/mol. The summed E-state index contributed by atoms with van der Waals surface area (Å²) in [7, 11) is 0. The second kappa shape index (κ2) is 10.5. The molecular weight excluding hydrogens is 282 g/mol. The van der Waals surface area contributed by atoms with Crippen LogP contribution in [0.15, 0.2) is 12.2 Å². The van der Waals surface area contributed by atoms with Gasteiger partial charge in [-0.15, -0.1) is 0 Å². The highest BCUT2D eigenvalue weighted by molar-refractivity contribution is 6.04. The normalized spacial score (nSPS) is 26.8. The van der Waals surface area contributed by atoms with E-state index >= 15 is 0 Å². The molecule has 0 aliphatic carbocycles. The quantitative estimate of drug-likeness (QED) is 0.250. The summed E-state index contributed by atoms with van der Waals surface area (Å²) in [6, 6.07) is 0. The van der Waals surface area contributed by atoms with Crippen molar-refractivity contribution in [1.29, 1.82) is 0 Å². The first kappa shape index (κ1) is 8.06. The molecular formula is C17H32NO4+. The second-order valence-electron chi connectivity index (χ2n) is 4.95. The van der Waals surface area contributed by atoms with E-state index in [2.05, 4.69) is 0 Å². The van der Waals surface area contributed by atoms with E-state index in [4.69, 9.17) is 16.4 Å². The zero-order valence-corrected chi connectivity index (χ0v) is 12.6. The van der Waals surface area contributed by atoms with Gasteiger partial charge in [0.25, 0.3) is 0 Å². The standard InChI is InChI=1S/C17H31NO4/c1-5-6-7-8-9-10-11-12-14(19)16(17(21)22)15(20)13-18(2,3)4/h11-12,15-16,20H,5-10,13H2,1-4H3/p+1/i2D3,3D3,4D3,13D2,15D. The van der Waals surface area contributed by atoms with Crippen molar-refractivity contribution in [1.82, 2.24) is 0 Å². The van der Waals surface area contributed by atoms with Crippen LogP contribution in [0, 0.1) is 5.92 Å². The first-order chi connectivity index (χ1) is 15.1. The Morgan fingerprint density at radius 1 is 1.27 bits per heavy atom. The number of allylic oxidation sites excluding steroid dienone is 2. The van der Waals surface area contributed by atoms with Crippen molar-refractivity contribution in [3.05, 3.63) is 12.2 Å². The summed E-state index contributed by atoms with van der Waals surface area (Å²) in [6.45, 7) is -15.2. The van der Waals surface area contributed by atoms with Gasteiger partial charge in [-0.25, -0.2) is 0 Å². The highest BCUT2D eigenvalue weighted by atomic mass is 16.4. The molecule has 0 heterocycles. The molecule has 2 N–H and O–H groups in total. The van der Waals surface area contributed by atoms with Gasteiger partial charge in [-0.2, -0.15) is 0 Å². The first-order valence-corrected chi connectivity index (χ1v) is 7.10. The number of carbonyl (C=O) groups excluding carboxylic acids is 1. The third kappa shape index (κ3) is 9.68. The molecule has 0 aliphatic heterocycles. The fraction of sp³-hybridized carbons (Fsp3) is 0.765. The van der Waals surface area contributed by atoms with Crippen LogP contribution in [0.25, 0.3) is 0 Å². The van der Waals surface area contributed by atoms with E-state index in [1.165, 1.54) is 6.08 Å². The van der Waals surface area contributed by atoms with E-state index in [1.54, 1.807) is 0 Å². The highest BCUT2D eigenvalue weighted by Gasteiger charge is 2.35. The number of quaternary nitrogens is 1. The Labute approximate surface area is 151 Å². The van der Waals surface area contributed by atoms with Crippen LogP contribution in [0.2, 0.25) is 0 Å². The number of rotatable bonds is 12. The molecule has 0 bridgehead atoms. The summed E-state index contributed by atoms with van der Waals surface area (Å²) in [4.78, 5) is 24.3. The Morgan fingerprint density at radius 2 is 1.91 bits per heavy atom. The molecule has 0 saturated heterocycles. The summed E-state index contributed by atoms with van der Waals surface area (Å²) >= 11 is 0. The molecule has 2 unspecified atom stereocenters. The maximum Gasteiger partial charge on any atom is 0.317 e. The highest BCUT2D eigenvalue weighted by Crippen LogP contribution is 2.12. The van der Waals surface area contributed by atoms with Gasteiger partial charge >= 0.3 is 5.97 Å².